The van der Waals surface area contributed by atoms with E-state index in [1.807, 2.05) is 30.5 Å². The van der Waals surface area contributed by atoms with Gasteiger partial charge in [0, 0.05) is 4.90 Å². The number of thioether (sulfide) groups is 1. The first kappa shape index (κ1) is 20.3. The van der Waals surface area contributed by atoms with Crippen molar-refractivity contribution in [2.45, 2.75) is 43.0 Å². The summed E-state index contributed by atoms with van der Waals surface area (Å²) < 4.78 is 4.75. The van der Waals surface area contributed by atoms with Crippen molar-refractivity contribution in [2.24, 2.45) is 11.8 Å². The van der Waals surface area contributed by atoms with E-state index in [1.165, 1.54) is 7.11 Å². The van der Waals surface area contributed by atoms with E-state index >= 15 is 0 Å². The molecular formula is C19H25NO5S. The standard InChI is InChI=1S/C19H25NO5S/c1-25-17(21)11-16(12-7-9-13(26-2)10-8-12)20-18(22)14-5-3-4-6-15(14)19(23)24/h7-10,14-16H,3-6,11H2,1-2H3,(H,20,22)(H,23,24). The third-order valence-electron chi connectivity index (χ3n) is 4.85. The Kier molecular flexibility index (Phi) is 7.50. The molecule has 1 amide bonds. The number of amides is 1. The molecule has 0 saturated heterocycles. The molecular weight excluding hydrogens is 354 g/mol. The number of esters is 1. The molecule has 6 nitrogen and oxygen atoms in total. The number of hydrogen-bond donors (Lipinski definition) is 2. The maximum absolute atomic E-state index is 12.8. The van der Waals surface area contributed by atoms with Crippen LogP contribution in [0.1, 0.15) is 43.7 Å². The van der Waals surface area contributed by atoms with E-state index in [-0.39, 0.29) is 12.3 Å². The summed E-state index contributed by atoms with van der Waals surface area (Å²) in [5.74, 6) is -2.89. The van der Waals surface area contributed by atoms with Crippen LogP contribution in [0.2, 0.25) is 0 Å². The maximum Gasteiger partial charge on any atom is 0.307 e. The largest absolute Gasteiger partial charge is 0.481 e. The highest BCUT2D eigenvalue weighted by molar-refractivity contribution is 7.98. The lowest BCUT2D eigenvalue weighted by molar-refractivity contribution is -0.149. The number of methoxy groups -OCH3 is 1. The fraction of sp³-hybridized carbons (Fsp3) is 0.526. The number of carboxylic acids is 1. The summed E-state index contributed by atoms with van der Waals surface area (Å²) >= 11 is 1.60. The monoisotopic (exact) mass is 379 g/mol. The van der Waals surface area contributed by atoms with Gasteiger partial charge in [0.05, 0.1) is 31.4 Å². The van der Waals surface area contributed by atoms with E-state index < -0.39 is 29.8 Å². The fourth-order valence-electron chi connectivity index (χ4n) is 3.36. The minimum Gasteiger partial charge on any atom is -0.481 e. The van der Waals surface area contributed by atoms with Gasteiger partial charge in [-0.3, -0.25) is 14.4 Å². The molecule has 0 heterocycles. The minimum atomic E-state index is -0.932. The first-order valence-corrected chi connectivity index (χ1v) is 9.92. The lowest BCUT2D eigenvalue weighted by atomic mass is 9.78. The average Bonchev–Trinajstić information content (AvgIpc) is 2.67. The van der Waals surface area contributed by atoms with Crippen molar-refractivity contribution in [1.29, 1.82) is 0 Å². The average molecular weight is 379 g/mol. The zero-order valence-corrected chi connectivity index (χ0v) is 15.9. The SMILES string of the molecule is COC(=O)CC(NC(=O)C1CCCCC1C(=O)O)c1ccc(SC)cc1. The number of carbonyl (C=O) groups excluding carboxylic acids is 2. The molecule has 1 aromatic rings. The van der Waals surface area contributed by atoms with E-state index in [0.717, 1.165) is 23.3 Å². The van der Waals surface area contributed by atoms with Gasteiger partial charge in [-0.25, -0.2) is 0 Å². The van der Waals surface area contributed by atoms with Crippen LogP contribution in [-0.4, -0.2) is 36.3 Å². The molecule has 1 saturated carbocycles. The second-order valence-electron chi connectivity index (χ2n) is 6.45. The number of rotatable bonds is 7. The zero-order chi connectivity index (χ0) is 19.1. The van der Waals surface area contributed by atoms with E-state index in [2.05, 4.69) is 5.32 Å². The van der Waals surface area contributed by atoms with Crippen LogP contribution in [0.5, 0.6) is 0 Å². The van der Waals surface area contributed by atoms with Crippen molar-refractivity contribution in [3.05, 3.63) is 29.8 Å². The van der Waals surface area contributed by atoms with Crippen LogP contribution in [0.3, 0.4) is 0 Å². The second kappa shape index (κ2) is 9.62. The van der Waals surface area contributed by atoms with Crippen molar-refractivity contribution >= 4 is 29.6 Å². The van der Waals surface area contributed by atoms with Crippen molar-refractivity contribution in [3.8, 4) is 0 Å². The molecule has 1 fully saturated rings. The number of benzene rings is 1. The summed E-state index contributed by atoms with van der Waals surface area (Å²) in [4.78, 5) is 37.1. The molecule has 3 unspecified atom stereocenters. The lowest BCUT2D eigenvalue weighted by Crippen LogP contribution is -2.41. The Morgan fingerprint density at radius 2 is 1.81 bits per heavy atom. The van der Waals surface area contributed by atoms with Crippen molar-refractivity contribution < 1.29 is 24.2 Å². The third-order valence-corrected chi connectivity index (χ3v) is 5.60. The fourth-order valence-corrected chi connectivity index (χ4v) is 3.77. The number of nitrogens with one attached hydrogen (secondary N) is 1. The lowest BCUT2D eigenvalue weighted by Gasteiger charge is -2.29. The molecule has 0 aliphatic heterocycles. The molecule has 3 atom stereocenters. The number of ether oxygens (including phenoxy) is 1. The summed E-state index contributed by atoms with van der Waals surface area (Å²) in [6.45, 7) is 0. The second-order valence-corrected chi connectivity index (χ2v) is 7.33. The molecule has 2 N–H and O–H groups in total. The quantitative estimate of drug-likeness (QED) is 0.559. The van der Waals surface area contributed by atoms with Crippen LogP contribution < -0.4 is 5.32 Å². The molecule has 2 rings (SSSR count). The Balaban J connectivity index is 2.17. The number of hydrogen-bond acceptors (Lipinski definition) is 5. The highest BCUT2D eigenvalue weighted by Gasteiger charge is 2.36. The number of carbonyl (C=O) groups is 3. The van der Waals surface area contributed by atoms with E-state index in [1.54, 1.807) is 11.8 Å². The van der Waals surface area contributed by atoms with Gasteiger partial charge in [-0.1, -0.05) is 25.0 Å². The molecule has 142 valence electrons. The molecule has 0 aromatic heterocycles. The normalized spacial score (nSPS) is 20.8. The molecule has 7 heteroatoms. The highest BCUT2D eigenvalue weighted by Crippen LogP contribution is 2.31. The Morgan fingerprint density at radius 1 is 1.19 bits per heavy atom. The van der Waals surface area contributed by atoms with Gasteiger partial charge in [0.25, 0.3) is 0 Å². The van der Waals surface area contributed by atoms with Gasteiger partial charge in [-0.05, 0) is 36.8 Å². The van der Waals surface area contributed by atoms with Gasteiger partial charge < -0.3 is 15.2 Å². The summed E-state index contributed by atoms with van der Waals surface area (Å²) in [6, 6.07) is 7.06. The number of carboxylic acid groups (broad SMARTS) is 1. The van der Waals surface area contributed by atoms with Crippen LogP contribution in [0.15, 0.2) is 29.2 Å². The van der Waals surface area contributed by atoms with Gasteiger partial charge in [-0.15, -0.1) is 11.8 Å². The van der Waals surface area contributed by atoms with E-state index in [9.17, 15) is 19.5 Å². The first-order valence-electron chi connectivity index (χ1n) is 8.70. The topological polar surface area (TPSA) is 92.7 Å². The van der Waals surface area contributed by atoms with E-state index in [0.29, 0.717) is 12.8 Å². The van der Waals surface area contributed by atoms with Gasteiger partial charge in [0.2, 0.25) is 5.91 Å². The molecule has 0 radical (unpaired) electrons. The summed E-state index contributed by atoms with van der Waals surface area (Å²) in [7, 11) is 1.31. The first-order chi connectivity index (χ1) is 12.5. The highest BCUT2D eigenvalue weighted by atomic mass is 32.2. The van der Waals surface area contributed by atoms with Crippen LogP contribution in [-0.2, 0) is 19.1 Å². The third kappa shape index (κ3) is 5.24. The maximum atomic E-state index is 12.8. The predicted octanol–water partition coefficient (Wildman–Crippen LogP) is 3.02. The van der Waals surface area contributed by atoms with Gasteiger partial charge in [-0.2, -0.15) is 0 Å². The van der Waals surface area contributed by atoms with Crippen LogP contribution >= 0.6 is 11.8 Å². The molecule has 0 spiro atoms. The molecule has 1 aliphatic carbocycles. The van der Waals surface area contributed by atoms with Crippen LogP contribution in [0.25, 0.3) is 0 Å². The summed E-state index contributed by atoms with van der Waals surface area (Å²) in [6.07, 6.45) is 4.70. The Bertz CT molecular complexity index is 646. The van der Waals surface area contributed by atoms with Crippen LogP contribution in [0.4, 0.5) is 0 Å². The zero-order valence-electron chi connectivity index (χ0n) is 15.1. The minimum absolute atomic E-state index is 0.00527. The Morgan fingerprint density at radius 3 is 2.35 bits per heavy atom. The summed E-state index contributed by atoms with van der Waals surface area (Å²) in [5.41, 5.74) is 0.796. The van der Waals surface area contributed by atoms with Crippen molar-refractivity contribution in [3.63, 3.8) is 0 Å². The van der Waals surface area contributed by atoms with Gasteiger partial charge >= 0.3 is 11.9 Å². The van der Waals surface area contributed by atoms with E-state index in [4.69, 9.17) is 4.74 Å². The molecule has 1 aromatic carbocycles. The summed E-state index contributed by atoms with van der Waals surface area (Å²) in [5, 5.41) is 12.3. The number of aliphatic carboxylic acids is 1. The van der Waals surface area contributed by atoms with Gasteiger partial charge in [0.1, 0.15) is 0 Å². The predicted molar refractivity (Wildman–Crippen MR) is 98.8 cm³/mol. The molecule has 26 heavy (non-hydrogen) atoms. The Hall–Kier alpha value is -2.02. The van der Waals surface area contributed by atoms with Crippen molar-refractivity contribution in [2.75, 3.05) is 13.4 Å². The smallest absolute Gasteiger partial charge is 0.307 e. The Labute approximate surface area is 157 Å². The molecule has 0 bridgehead atoms. The van der Waals surface area contributed by atoms with Crippen LogP contribution in [0, 0.1) is 11.8 Å². The van der Waals surface area contributed by atoms with Gasteiger partial charge in [0.15, 0.2) is 0 Å². The molecule has 1 aliphatic rings. The van der Waals surface area contributed by atoms with Crippen molar-refractivity contribution in [1.82, 2.24) is 5.32 Å².